The summed E-state index contributed by atoms with van der Waals surface area (Å²) in [6.45, 7) is 5.03. The van der Waals surface area contributed by atoms with Gasteiger partial charge in [-0.25, -0.2) is 0 Å². The average Bonchev–Trinajstić information content (AvgIpc) is 2.67. The van der Waals surface area contributed by atoms with Crippen molar-refractivity contribution in [1.29, 1.82) is 0 Å². The van der Waals surface area contributed by atoms with Gasteiger partial charge in [0.05, 0.1) is 18.8 Å². The Labute approximate surface area is 159 Å². The number of rotatable bonds is 6. The highest BCUT2D eigenvalue weighted by Crippen LogP contribution is 2.33. The molecule has 0 spiro atoms. The molecule has 2 N–H and O–H groups in total. The van der Waals surface area contributed by atoms with Crippen LogP contribution < -0.4 is 20.3 Å². The Hall–Kier alpha value is -3.02. The monoisotopic (exact) mass is 367 g/mol. The first kappa shape index (κ1) is 18.8. The van der Waals surface area contributed by atoms with Gasteiger partial charge in [0, 0.05) is 12.2 Å². The third-order valence-corrected chi connectivity index (χ3v) is 4.46. The number of carbonyl (C=O) groups excluding carboxylic acids is 2. The van der Waals surface area contributed by atoms with Gasteiger partial charge in [0.25, 0.3) is 5.91 Å². The molecule has 142 valence electrons. The summed E-state index contributed by atoms with van der Waals surface area (Å²) in [5.74, 6) is 0.327. The lowest BCUT2D eigenvalue weighted by molar-refractivity contribution is -0.128. The maximum absolute atomic E-state index is 12.6. The van der Waals surface area contributed by atoms with E-state index < -0.39 is 6.10 Å². The number of amides is 2. The Bertz CT molecular complexity index is 822. The van der Waals surface area contributed by atoms with E-state index in [2.05, 4.69) is 10.6 Å². The van der Waals surface area contributed by atoms with Crippen LogP contribution in [-0.2, 0) is 9.59 Å². The second-order valence-electron chi connectivity index (χ2n) is 6.61. The Morgan fingerprint density at radius 1 is 1.15 bits per heavy atom. The molecule has 0 aliphatic carbocycles. The van der Waals surface area contributed by atoms with Gasteiger partial charge in [-0.3, -0.25) is 9.59 Å². The second-order valence-corrected chi connectivity index (χ2v) is 6.61. The van der Waals surface area contributed by atoms with Gasteiger partial charge in [-0.2, -0.15) is 0 Å². The van der Waals surface area contributed by atoms with Crippen molar-refractivity contribution < 1.29 is 14.3 Å². The minimum absolute atomic E-state index is 0.131. The molecule has 0 radical (unpaired) electrons. The van der Waals surface area contributed by atoms with Crippen molar-refractivity contribution in [3.8, 4) is 5.75 Å². The summed E-state index contributed by atoms with van der Waals surface area (Å²) in [6, 6.07) is 15.1. The third kappa shape index (κ3) is 4.58. The summed E-state index contributed by atoms with van der Waals surface area (Å²) in [7, 11) is 0. The molecule has 0 fully saturated rings. The van der Waals surface area contributed by atoms with Crippen LogP contribution in [0.1, 0.15) is 18.9 Å². The van der Waals surface area contributed by atoms with E-state index in [1.165, 1.54) is 0 Å². The molecule has 1 aliphatic heterocycles. The fourth-order valence-electron chi connectivity index (χ4n) is 3.03. The first-order valence-electron chi connectivity index (χ1n) is 9.22. The highest BCUT2D eigenvalue weighted by molar-refractivity contribution is 5.95. The smallest absolute Gasteiger partial charge is 0.262 e. The molecule has 1 atom stereocenters. The van der Waals surface area contributed by atoms with Crippen LogP contribution in [0.4, 0.5) is 11.4 Å². The van der Waals surface area contributed by atoms with E-state index in [0.29, 0.717) is 18.8 Å². The highest BCUT2D eigenvalue weighted by atomic mass is 16.5. The number of fused-ring (bicyclic) bond motifs is 1. The van der Waals surface area contributed by atoms with Gasteiger partial charge < -0.3 is 20.3 Å². The molecule has 0 aromatic heterocycles. The number of nitrogens with one attached hydrogen (secondary N) is 2. The SMILES string of the molecule is CCCNC(=O)[C@@H]1CN(CC(=O)Nc2ccccc2C)c2ccccc2O1. The van der Waals surface area contributed by atoms with E-state index in [1.807, 2.05) is 67.3 Å². The fraction of sp³-hybridized carbons (Fsp3) is 0.333. The standard InChI is InChI=1S/C21H25N3O3/c1-3-12-22-21(26)19-13-24(17-10-6-7-11-18(17)27-19)14-20(25)23-16-9-5-4-8-15(16)2/h4-11,19H,3,12-14H2,1-2H3,(H,22,26)(H,23,25)/t19-/m0/s1. The second kappa shape index (κ2) is 8.58. The molecule has 1 heterocycles. The lowest BCUT2D eigenvalue weighted by atomic mass is 10.1. The zero-order valence-electron chi connectivity index (χ0n) is 15.7. The predicted octanol–water partition coefficient (Wildman–Crippen LogP) is 2.73. The molecule has 1 aliphatic rings. The topological polar surface area (TPSA) is 70.7 Å². The van der Waals surface area contributed by atoms with E-state index in [9.17, 15) is 9.59 Å². The van der Waals surface area contributed by atoms with Crippen LogP contribution in [0.15, 0.2) is 48.5 Å². The molecular weight excluding hydrogens is 342 g/mol. The summed E-state index contributed by atoms with van der Waals surface area (Å²) in [5.41, 5.74) is 2.61. The molecule has 0 saturated heterocycles. The predicted molar refractivity (Wildman–Crippen MR) is 106 cm³/mol. The lowest BCUT2D eigenvalue weighted by Gasteiger charge is -2.35. The first-order valence-corrected chi connectivity index (χ1v) is 9.22. The highest BCUT2D eigenvalue weighted by Gasteiger charge is 2.31. The molecule has 6 nitrogen and oxygen atoms in total. The molecule has 2 aromatic carbocycles. The first-order chi connectivity index (χ1) is 13.1. The van der Waals surface area contributed by atoms with Crippen LogP contribution in [0, 0.1) is 6.92 Å². The maximum Gasteiger partial charge on any atom is 0.262 e. The normalized spacial score (nSPS) is 15.5. The Morgan fingerprint density at radius 2 is 1.89 bits per heavy atom. The van der Waals surface area contributed by atoms with Crippen LogP contribution in [0.2, 0.25) is 0 Å². The zero-order chi connectivity index (χ0) is 19.2. The number of nitrogens with zero attached hydrogens (tertiary/aromatic N) is 1. The molecule has 6 heteroatoms. The van der Waals surface area contributed by atoms with E-state index in [4.69, 9.17) is 4.74 Å². The van der Waals surface area contributed by atoms with Crippen molar-refractivity contribution in [2.24, 2.45) is 0 Å². The van der Waals surface area contributed by atoms with E-state index in [0.717, 1.165) is 23.4 Å². The van der Waals surface area contributed by atoms with Crippen molar-refractivity contribution in [2.45, 2.75) is 26.4 Å². The number of carbonyl (C=O) groups is 2. The fourth-order valence-corrected chi connectivity index (χ4v) is 3.03. The molecular formula is C21H25N3O3. The van der Waals surface area contributed by atoms with Crippen molar-refractivity contribution in [3.63, 3.8) is 0 Å². The van der Waals surface area contributed by atoms with E-state index >= 15 is 0 Å². The van der Waals surface area contributed by atoms with E-state index in [-0.39, 0.29) is 18.4 Å². The number of benzene rings is 2. The van der Waals surface area contributed by atoms with Crippen molar-refractivity contribution in [2.75, 3.05) is 29.9 Å². The van der Waals surface area contributed by atoms with Crippen molar-refractivity contribution in [3.05, 3.63) is 54.1 Å². The third-order valence-electron chi connectivity index (χ3n) is 4.46. The zero-order valence-corrected chi connectivity index (χ0v) is 15.7. The van der Waals surface area contributed by atoms with Gasteiger partial charge >= 0.3 is 0 Å². The van der Waals surface area contributed by atoms with Crippen molar-refractivity contribution >= 4 is 23.2 Å². The molecule has 27 heavy (non-hydrogen) atoms. The van der Waals surface area contributed by atoms with Gasteiger partial charge in [-0.1, -0.05) is 37.3 Å². The molecule has 0 saturated carbocycles. The minimum atomic E-state index is -0.641. The van der Waals surface area contributed by atoms with Gasteiger partial charge in [-0.05, 0) is 37.1 Å². The lowest BCUT2D eigenvalue weighted by Crippen LogP contribution is -2.50. The van der Waals surface area contributed by atoms with E-state index in [1.54, 1.807) is 0 Å². The molecule has 2 amide bonds. The number of para-hydroxylation sites is 3. The quantitative estimate of drug-likeness (QED) is 0.824. The number of anilines is 2. The maximum atomic E-state index is 12.6. The van der Waals surface area contributed by atoms with Crippen LogP contribution in [-0.4, -0.2) is 37.6 Å². The van der Waals surface area contributed by atoms with Gasteiger partial charge in [0.1, 0.15) is 5.75 Å². The summed E-state index contributed by atoms with van der Waals surface area (Å²) in [4.78, 5) is 26.9. The molecule has 3 rings (SSSR count). The minimum Gasteiger partial charge on any atom is -0.477 e. The van der Waals surface area contributed by atoms with Gasteiger partial charge in [0.15, 0.2) is 6.10 Å². The molecule has 2 aromatic rings. The van der Waals surface area contributed by atoms with Crippen LogP contribution >= 0.6 is 0 Å². The summed E-state index contributed by atoms with van der Waals surface area (Å²) in [6.07, 6.45) is 0.218. The van der Waals surface area contributed by atoms with Crippen molar-refractivity contribution in [1.82, 2.24) is 5.32 Å². The molecule has 0 unspecified atom stereocenters. The molecule has 0 bridgehead atoms. The summed E-state index contributed by atoms with van der Waals surface area (Å²) in [5, 5.41) is 5.81. The number of aryl methyl sites for hydroxylation is 1. The van der Waals surface area contributed by atoms with Gasteiger partial charge in [0.2, 0.25) is 5.91 Å². The van der Waals surface area contributed by atoms with Crippen LogP contribution in [0.25, 0.3) is 0 Å². The van der Waals surface area contributed by atoms with Gasteiger partial charge in [-0.15, -0.1) is 0 Å². The summed E-state index contributed by atoms with van der Waals surface area (Å²) >= 11 is 0. The van der Waals surface area contributed by atoms with Crippen LogP contribution in [0.5, 0.6) is 5.75 Å². The average molecular weight is 367 g/mol. The Morgan fingerprint density at radius 3 is 2.67 bits per heavy atom. The largest absolute Gasteiger partial charge is 0.477 e. The number of ether oxygens (including phenoxy) is 1. The Balaban J connectivity index is 1.73. The van der Waals surface area contributed by atoms with Crippen LogP contribution in [0.3, 0.4) is 0 Å². The number of hydrogen-bond acceptors (Lipinski definition) is 4. The Kier molecular flexibility index (Phi) is 5.96. The summed E-state index contributed by atoms with van der Waals surface area (Å²) < 4.78 is 5.85. The number of hydrogen-bond donors (Lipinski definition) is 2.